The van der Waals surface area contributed by atoms with E-state index < -0.39 is 4.92 Å². The Bertz CT molecular complexity index is 713. The smallest absolute Gasteiger partial charge is 0.276 e. The van der Waals surface area contributed by atoms with Crippen LogP contribution in [0.1, 0.15) is 10.5 Å². The molecule has 9 nitrogen and oxygen atoms in total. The molecule has 0 aliphatic carbocycles. The van der Waals surface area contributed by atoms with Crippen molar-refractivity contribution in [3.8, 4) is 5.69 Å². The van der Waals surface area contributed by atoms with Crippen LogP contribution in [0.3, 0.4) is 0 Å². The van der Waals surface area contributed by atoms with Crippen LogP contribution in [-0.4, -0.2) is 56.9 Å². The molecule has 0 spiro atoms. The molecule has 10 heteroatoms. The number of rotatable bonds is 3. The van der Waals surface area contributed by atoms with Crippen molar-refractivity contribution < 1.29 is 9.72 Å². The Labute approximate surface area is 137 Å². The summed E-state index contributed by atoms with van der Waals surface area (Å²) in [4.78, 5) is 24.3. The van der Waals surface area contributed by atoms with Gasteiger partial charge in [0.25, 0.3) is 11.6 Å². The van der Waals surface area contributed by atoms with Crippen LogP contribution in [0.4, 0.5) is 5.69 Å². The average molecular weight is 339 g/mol. The van der Waals surface area contributed by atoms with E-state index in [1.807, 2.05) is 0 Å². The van der Waals surface area contributed by atoms with Gasteiger partial charge in [0.1, 0.15) is 0 Å². The predicted molar refractivity (Wildman–Crippen MR) is 84.0 cm³/mol. The molecule has 1 aromatic carbocycles. The number of hydrogen-bond donors (Lipinski definition) is 1. The van der Waals surface area contributed by atoms with Crippen molar-refractivity contribution in [1.29, 1.82) is 0 Å². The van der Waals surface area contributed by atoms with Gasteiger partial charge in [-0.15, -0.1) is 17.5 Å². The third kappa shape index (κ3) is 3.63. The summed E-state index contributed by atoms with van der Waals surface area (Å²) in [6.45, 7) is 2.76. The summed E-state index contributed by atoms with van der Waals surface area (Å²) >= 11 is 0. The molecule has 1 amide bonds. The van der Waals surface area contributed by atoms with Crippen LogP contribution in [0.5, 0.6) is 0 Å². The summed E-state index contributed by atoms with van der Waals surface area (Å²) in [5, 5.41) is 21.7. The van der Waals surface area contributed by atoms with Crippen molar-refractivity contribution >= 4 is 24.0 Å². The van der Waals surface area contributed by atoms with E-state index in [4.69, 9.17) is 0 Å². The van der Waals surface area contributed by atoms with Gasteiger partial charge in [0, 0.05) is 38.3 Å². The number of aromatic nitrogens is 3. The fraction of sp³-hybridized carbons (Fsp3) is 0.308. The van der Waals surface area contributed by atoms with Crippen molar-refractivity contribution in [1.82, 2.24) is 25.2 Å². The zero-order valence-corrected chi connectivity index (χ0v) is 12.9. The summed E-state index contributed by atoms with van der Waals surface area (Å²) in [5.41, 5.74) is 0.678. The van der Waals surface area contributed by atoms with Crippen LogP contribution in [0.2, 0.25) is 0 Å². The van der Waals surface area contributed by atoms with Gasteiger partial charge in [-0.3, -0.25) is 14.9 Å². The molecule has 2 aromatic rings. The molecular weight excluding hydrogens is 324 g/mol. The van der Waals surface area contributed by atoms with Gasteiger partial charge in [-0.05, 0) is 6.07 Å². The first-order valence-electron chi connectivity index (χ1n) is 6.82. The Morgan fingerprint density at radius 2 is 2.04 bits per heavy atom. The second kappa shape index (κ2) is 7.16. The van der Waals surface area contributed by atoms with Crippen molar-refractivity contribution in [3.05, 3.63) is 46.3 Å². The molecule has 2 heterocycles. The maximum Gasteiger partial charge on any atom is 0.276 e. The number of nitrogens with one attached hydrogen (secondary N) is 1. The molecule has 0 unspecified atom stereocenters. The van der Waals surface area contributed by atoms with E-state index in [9.17, 15) is 14.9 Å². The third-order valence-electron chi connectivity index (χ3n) is 3.42. The van der Waals surface area contributed by atoms with Crippen LogP contribution in [0, 0.1) is 10.1 Å². The number of halogens is 1. The molecule has 1 aliphatic heterocycles. The second-order valence-electron chi connectivity index (χ2n) is 4.87. The van der Waals surface area contributed by atoms with Gasteiger partial charge in [0.05, 0.1) is 16.8 Å². The van der Waals surface area contributed by atoms with Crippen molar-refractivity contribution in [2.75, 3.05) is 26.2 Å². The first-order valence-corrected chi connectivity index (χ1v) is 6.82. The Morgan fingerprint density at radius 3 is 2.74 bits per heavy atom. The lowest BCUT2D eigenvalue weighted by Gasteiger charge is -2.26. The Hall–Kier alpha value is -2.52. The number of nitro benzene ring substituents is 1. The van der Waals surface area contributed by atoms with Crippen LogP contribution >= 0.6 is 12.4 Å². The molecule has 23 heavy (non-hydrogen) atoms. The summed E-state index contributed by atoms with van der Waals surface area (Å²) in [6, 6.07) is 6.01. The summed E-state index contributed by atoms with van der Waals surface area (Å²) < 4.78 is 1.36. The number of carbonyl (C=O) groups is 1. The molecule has 122 valence electrons. The molecule has 1 saturated heterocycles. The fourth-order valence-electron chi connectivity index (χ4n) is 2.27. The maximum atomic E-state index is 12.3. The monoisotopic (exact) mass is 338 g/mol. The average Bonchev–Trinajstić information content (AvgIpc) is 3.05. The molecule has 1 N–H and O–H groups in total. The number of nitrogens with zero attached hydrogens (tertiary/aromatic N) is 5. The first-order chi connectivity index (χ1) is 10.6. The molecule has 1 aliphatic rings. The highest BCUT2D eigenvalue weighted by atomic mass is 35.5. The summed E-state index contributed by atoms with van der Waals surface area (Å²) in [5.74, 6) is -0.182. The standard InChI is InChI=1S/C13H14N6O3.ClH/c20-13(17-6-4-14-5-7-17)12-9-18(16-15-12)10-2-1-3-11(8-10)19(21)22;/h1-3,8-9,14H,4-7H2;1H. The number of amides is 1. The number of piperazine rings is 1. The molecule has 1 fully saturated rings. The minimum Gasteiger partial charge on any atom is -0.335 e. The Morgan fingerprint density at radius 1 is 1.30 bits per heavy atom. The lowest BCUT2D eigenvalue weighted by atomic mass is 10.3. The van der Waals surface area contributed by atoms with Gasteiger partial charge in [0.2, 0.25) is 0 Å². The van der Waals surface area contributed by atoms with Crippen molar-refractivity contribution in [3.63, 3.8) is 0 Å². The molecule has 0 radical (unpaired) electrons. The fourth-order valence-corrected chi connectivity index (χ4v) is 2.27. The largest absolute Gasteiger partial charge is 0.335 e. The molecular formula is C13H15ClN6O3. The van der Waals surface area contributed by atoms with Crippen LogP contribution < -0.4 is 5.32 Å². The van der Waals surface area contributed by atoms with E-state index in [1.54, 1.807) is 17.0 Å². The topological polar surface area (TPSA) is 106 Å². The summed E-state index contributed by atoms with van der Waals surface area (Å²) in [7, 11) is 0. The number of benzene rings is 1. The van der Waals surface area contributed by atoms with E-state index >= 15 is 0 Å². The van der Waals surface area contributed by atoms with Crippen molar-refractivity contribution in [2.24, 2.45) is 0 Å². The van der Waals surface area contributed by atoms with E-state index in [-0.39, 0.29) is 29.7 Å². The maximum absolute atomic E-state index is 12.3. The van der Waals surface area contributed by atoms with Gasteiger partial charge < -0.3 is 10.2 Å². The molecule has 0 atom stereocenters. The van der Waals surface area contributed by atoms with Crippen molar-refractivity contribution in [2.45, 2.75) is 0 Å². The highest BCUT2D eigenvalue weighted by Gasteiger charge is 2.21. The summed E-state index contributed by atoms with van der Waals surface area (Å²) in [6.07, 6.45) is 1.49. The van der Waals surface area contributed by atoms with Gasteiger partial charge in [-0.2, -0.15) is 0 Å². The third-order valence-corrected chi connectivity index (χ3v) is 3.42. The number of carbonyl (C=O) groups excluding carboxylic acids is 1. The molecule has 0 bridgehead atoms. The van der Waals surface area contributed by atoms with Gasteiger partial charge in [-0.1, -0.05) is 11.3 Å². The first kappa shape index (κ1) is 16.8. The SMILES string of the molecule is Cl.O=C(c1cn(-c2cccc([N+](=O)[O-])c2)nn1)N1CCNCC1. The zero-order valence-electron chi connectivity index (χ0n) is 12.1. The zero-order chi connectivity index (χ0) is 15.5. The van der Waals surface area contributed by atoms with Crippen LogP contribution in [-0.2, 0) is 0 Å². The van der Waals surface area contributed by atoms with E-state index in [0.29, 0.717) is 18.8 Å². The molecule has 0 saturated carbocycles. The van der Waals surface area contributed by atoms with Gasteiger partial charge in [0.15, 0.2) is 5.69 Å². The number of non-ortho nitro benzene ring substituents is 1. The van der Waals surface area contributed by atoms with Gasteiger partial charge >= 0.3 is 0 Å². The molecule has 1 aromatic heterocycles. The minimum absolute atomic E-state index is 0. The normalized spacial score (nSPS) is 14.2. The highest BCUT2D eigenvalue weighted by molar-refractivity contribution is 5.92. The van der Waals surface area contributed by atoms with Gasteiger partial charge in [-0.25, -0.2) is 4.68 Å². The second-order valence-corrected chi connectivity index (χ2v) is 4.87. The lowest BCUT2D eigenvalue weighted by molar-refractivity contribution is -0.384. The van der Waals surface area contributed by atoms with Crippen LogP contribution in [0.15, 0.2) is 30.5 Å². The van der Waals surface area contributed by atoms with Crippen LogP contribution in [0.25, 0.3) is 5.69 Å². The number of hydrogen-bond acceptors (Lipinski definition) is 6. The Kier molecular flexibility index (Phi) is 5.24. The predicted octanol–water partition coefficient (Wildman–Crippen LogP) is 0.643. The van der Waals surface area contributed by atoms with E-state index in [0.717, 1.165) is 13.1 Å². The van der Waals surface area contributed by atoms with E-state index in [1.165, 1.54) is 23.0 Å². The quantitative estimate of drug-likeness (QED) is 0.650. The highest BCUT2D eigenvalue weighted by Crippen LogP contribution is 2.16. The van der Waals surface area contributed by atoms with E-state index in [2.05, 4.69) is 15.6 Å². The Balaban J connectivity index is 0.00000192. The lowest BCUT2D eigenvalue weighted by Crippen LogP contribution is -2.46. The molecule has 3 rings (SSSR count). The minimum atomic E-state index is -0.479. The number of nitro groups is 1.